The fourth-order valence-electron chi connectivity index (χ4n) is 2.78. The van der Waals surface area contributed by atoms with Crippen LogP contribution in [-0.2, 0) is 6.42 Å². The van der Waals surface area contributed by atoms with Crippen LogP contribution in [0.1, 0.15) is 25.9 Å². The Hall–Kier alpha value is -3.39. The Morgan fingerprint density at radius 3 is 2.79 bits per heavy atom. The quantitative estimate of drug-likeness (QED) is 0.532. The highest BCUT2D eigenvalue weighted by Crippen LogP contribution is 2.26. The molecule has 0 aliphatic rings. The maximum Gasteiger partial charge on any atom is 0.267 e. The summed E-state index contributed by atoms with van der Waals surface area (Å²) in [5, 5.41) is 10.6. The van der Waals surface area contributed by atoms with Crippen molar-refractivity contribution < 1.29 is 9.18 Å². The fraction of sp³-hybridized carbons (Fsp3) is 0.100. The van der Waals surface area contributed by atoms with Gasteiger partial charge in [-0.2, -0.15) is 5.10 Å². The molecule has 8 heteroatoms. The molecular formula is C20H16FN5OS. The molecule has 3 heterocycles. The van der Waals surface area contributed by atoms with Gasteiger partial charge in [0.25, 0.3) is 5.91 Å². The summed E-state index contributed by atoms with van der Waals surface area (Å²) in [6.07, 6.45) is 3.78. The zero-order valence-electron chi connectivity index (χ0n) is 14.9. The number of carbonyl (C=O) groups excluding carboxylic acids is 1. The van der Waals surface area contributed by atoms with Gasteiger partial charge in [0.15, 0.2) is 0 Å². The van der Waals surface area contributed by atoms with Crippen LogP contribution < -0.4 is 5.32 Å². The lowest BCUT2D eigenvalue weighted by molar-refractivity contribution is 0.103. The van der Waals surface area contributed by atoms with E-state index < -0.39 is 0 Å². The van der Waals surface area contributed by atoms with E-state index in [-0.39, 0.29) is 11.7 Å². The summed E-state index contributed by atoms with van der Waals surface area (Å²) < 4.78 is 13.1. The summed E-state index contributed by atoms with van der Waals surface area (Å²) in [6, 6.07) is 11.8. The van der Waals surface area contributed by atoms with Gasteiger partial charge in [-0.15, -0.1) is 11.3 Å². The Morgan fingerprint density at radius 1 is 1.21 bits per heavy atom. The van der Waals surface area contributed by atoms with E-state index in [4.69, 9.17) is 0 Å². The molecule has 0 saturated carbocycles. The van der Waals surface area contributed by atoms with Crippen molar-refractivity contribution in [2.24, 2.45) is 0 Å². The van der Waals surface area contributed by atoms with Crippen LogP contribution in [0.25, 0.3) is 11.4 Å². The summed E-state index contributed by atoms with van der Waals surface area (Å²) in [5.41, 5.74) is 3.48. The van der Waals surface area contributed by atoms with Crippen molar-refractivity contribution in [3.05, 3.63) is 81.8 Å². The van der Waals surface area contributed by atoms with Crippen molar-refractivity contribution in [1.29, 1.82) is 0 Å². The van der Waals surface area contributed by atoms with Crippen LogP contribution in [0.3, 0.4) is 0 Å². The third-order valence-electron chi connectivity index (χ3n) is 4.12. The molecule has 1 amide bonds. The Bertz CT molecular complexity index is 1110. The highest BCUT2D eigenvalue weighted by molar-refractivity contribution is 7.14. The van der Waals surface area contributed by atoms with E-state index in [9.17, 15) is 9.18 Å². The zero-order valence-corrected chi connectivity index (χ0v) is 15.8. The predicted molar refractivity (Wildman–Crippen MR) is 106 cm³/mol. The number of amides is 1. The largest absolute Gasteiger partial charge is 0.318 e. The van der Waals surface area contributed by atoms with E-state index in [1.54, 1.807) is 31.5 Å². The van der Waals surface area contributed by atoms with Gasteiger partial charge in [-0.25, -0.2) is 9.37 Å². The number of benzene rings is 1. The van der Waals surface area contributed by atoms with Gasteiger partial charge in [0, 0.05) is 12.6 Å². The normalized spacial score (nSPS) is 10.8. The molecule has 2 N–H and O–H groups in total. The van der Waals surface area contributed by atoms with Gasteiger partial charge in [0.1, 0.15) is 16.4 Å². The van der Waals surface area contributed by atoms with Gasteiger partial charge >= 0.3 is 0 Å². The third kappa shape index (κ3) is 3.81. The number of nitrogens with zero attached hydrogens (tertiary/aromatic N) is 3. The molecule has 0 aliphatic carbocycles. The lowest BCUT2D eigenvalue weighted by Gasteiger charge is -2.04. The Morgan fingerprint density at radius 2 is 2.04 bits per heavy atom. The van der Waals surface area contributed by atoms with E-state index in [1.807, 2.05) is 18.2 Å². The summed E-state index contributed by atoms with van der Waals surface area (Å²) in [4.78, 5) is 22.1. The summed E-state index contributed by atoms with van der Waals surface area (Å²) in [7, 11) is 0. The molecule has 4 rings (SSSR count). The number of aromatic nitrogens is 4. The molecule has 0 bridgehead atoms. The lowest BCUT2D eigenvalue weighted by atomic mass is 10.1. The highest BCUT2D eigenvalue weighted by atomic mass is 32.1. The molecule has 140 valence electrons. The smallest absolute Gasteiger partial charge is 0.267 e. The number of carbonyl (C=O) groups is 1. The number of hydrogen-bond donors (Lipinski definition) is 2. The number of halogens is 1. The van der Waals surface area contributed by atoms with Crippen LogP contribution in [0.4, 0.5) is 10.1 Å². The van der Waals surface area contributed by atoms with E-state index in [1.165, 1.54) is 23.5 Å². The Kier molecular flexibility index (Phi) is 4.94. The van der Waals surface area contributed by atoms with Gasteiger partial charge in [0.05, 0.1) is 28.3 Å². The second-order valence-electron chi connectivity index (χ2n) is 6.15. The molecule has 3 aromatic heterocycles. The first-order valence-corrected chi connectivity index (χ1v) is 9.38. The van der Waals surface area contributed by atoms with Crippen molar-refractivity contribution in [3.8, 4) is 11.4 Å². The first-order chi connectivity index (χ1) is 13.6. The van der Waals surface area contributed by atoms with E-state index in [2.05, 4.69) is 25.5 Å². The van der Waals surface area contributed by atoms with E-state index >= 15 is 0 Å². The number of H-pyrrole nitrogens is 1. The summed E-state index contributed by atoms with van der Waals surface area (Å²) in [5.74, 6) is -0.526. The minimum atomic E-state index is -0.275. The first-order valence-electron chi connectivity index (χ1n) is 8.57. The number of aryl methyl sites for hydroxylation is 1. The fourth-order valence-corrected chi connectivity index (χ4v) is 3.78. The van der Waals surface area contributed by atoms with Crippen molar-refractivity contribution in [2.75, 3.05) is 5.32 Å². The molecule has 0 atom stereocenters. The minimum Gasteiger partial charge on any atom is -0.318 e. The average Bonchev–Trinajstić information content (AvgIpc) is 3.30. The summed E-state index contributed by atoms with van der Waals surface area (Å²) in [6.45, 7) is 1.80. The van der Waals surface area contributed by atoms with Gasteiger partial charge in [-0.1, -0.05) is 18.2 Å². The Labute approximate surface area is 164 Å². The Balaban J connectivity index is 1.53. The van der Waals surface area contributed by atoms with Crippen LogP contribution >= 0.6 is 11.3 Å². The number of anilines is 1. The second-order valence-corrected chi connectivity index (χ2v) is 7.24. The van der Waals surface area contributed by atoms with E-state index in [0.29, 0.717) is 34.1 Å². The van der Waals surface area contributed by atoms with Crippen molar-refractivity contribution >= 4 is 22.9 Å². The molecular weight excluding hydrogens is 377 g/mol. The summed E-state index contributed by atoms with van der Waals surface area (Å²) >= 11 is 1.33. The SMILES string of the molecule is Cc1nc(Cc2ccc(F)cc2)sc1C(=O)Nc1cn[nH]c1-c1ccccn1. The monoisotopic (exact) mass is 393 g/mol. The van der Waals surface area contributed by atoms with Gasteiger partial charge in [0.2, 0.25) is 0 Å². The number of rotatable bonds is 5. The standard InChI is InChI=1S/C20H16FN5OS/c1-12-19(28-17(24-12)10-13-5-7-14(21)8-6-13)20(27)25-16-11-23-26-18(16)15-4-2-3-9-22-15/h2-9,11H,10H2,1H3,(H,23,26)(H,25,27). The van der Waals surface area contributed by atoms with Gasteiger partial charge in [-0.3, -0.25) is 14.9 Å². The van der Waals surface area contributed by atoms with Crippen LogP contribution in [-0.4, -0.2) is 26.1 Å². The number of thiazole rings is 1. The molecule has 0 saturated heterocycles. The van der Waals surface area contributed by atoms with Gasteiger partial charge < -0.3 is 5.32 Å². The van der Waals surface area contributed by atoms with Crippen molar-refractivity contribution in [1.82, 2.24) is 20.2 Å². The van der Waals surface area contributed by atoms with Gasteiger partial charge in [-0.05, 0) is 36.8 Å². The molecule has 0 fully saturated rings. The van der Waals surface area contributed by atoms with E-state index in [0.717, 1.165) is 10.6 Å². The van der Waals surface area contributed by atoms with Crippen LogP contribution in [0.15, 0.2) is 54.9 Å². The second kappa shape index (κ2) is 7.69. The molecule has 4 aromatic rings. The number of nitrogens with one attached hydrogen (secondary N) is 2. The minimum absolute atomic E-state index is 0.251. The highest BCUT2D eigenvalue weighted by Gasteiger charge is 2.18. The molecule has 0 aliphatic heterocycles. The molecule has 0 spiro atoms. The number of aromatic amines is 1. The average molecular weight is 393 g/mol. The molecule has 1 aromatic carbocycles. The molecule has 0 unspecified atom stereocenters. The van der Waals surface area contributed by atoms with Crippen LogP contribution in [0.5, 0.6) is 0 Å². The maximum atomic E-state index is 13.1. The third-order valence-corrected chi connectivity index (χ3v) is 5.28. The molecule has 28 heavy (non-hydrogen) atoms. The first kappa shape index (κ1) is 18.0. The lowest BCUT2D eigenvalue weighted by Crippen LogP contribution is -2.11. The van der Waals surface area contributed by atoms with Crippen LogP contribution in [0, 0.1) is 12.7 Å². The van der Waals surface area contributed by atoms with Crippen molar-refractivity contribution in [3.63, 3.8) is 0 Å². The maximum absolute atomic E-state index is 13.1. The zero-order chi connectivity index (χ0) is 19.5. The number of hydrogen-bond acceptors (Lipinski definition) is 5. The van der Waals surface area contributed by atoms with Crippen LogP contribution in [0.2, 0.25) is 0 Å². The van der Waals surface area contributed by atoms with Crippen molar-refractivity contribution in [2.45, 2.75) is 13.3 Å². The number of pyridine rings is 1. The molecule has 6 nitrogen and oxygen atoms in total. The predicted octanol–water partition coefficient (Wildman–Crippen LogP) is 4.22. The topological polar surface area (TPSA) is 83.6 Å². The molecule has 0 radical (unpaired) electrons.